The number of halogens is 1. The Morgan fingerprint density at radius 1 is 1.29 bits per heavy atom. The fourth-order valence-electron chi connectivity index (χ4n) is 0.719. The summed E-state index contributed by atoms with van der Waals surface area (Å²) in [4.78, 5) is 0. The molecular weight excluding hydrogens is 211 g/mol. The number of ether oxygens (including phenoxy) is 2. The standard InChI is InChI=1S/C8H17FO4S/c1-4-5-12-7(2)6-13-8(3)14(9,10)11/h7-8H,4-6H2,1-3H3. The summed E-state index contributed by atoms with van der Waals surface area (Å²) in [7, 11) is -4.60. The van der Waals surface area contributed by atoms with Gasteiger partial charge in [-0.05, 0) is 20.3 Å². The van der Waals surface area contributed by atoms with Crippen LogP contribution in [-0.2, 0) is 19.7 Å². The van der Waals surface area contributed by atoms with E-state index in [1.54, 1.807) is 6.92 Å². The molecule has 2 atom stereocenters. The highest BCUT2D eigenvalue weighted by atomic mass is 32.3. The summed E-state index contributed by atoms with van der Waals surface area (Å²) in [5, 5.41) is 0. The van der Waals surface area contributed by atoms with Crippen LogP contribution in [0.2, 0.25) is 0 Å². The molecule has 14 heavy (non-hydrogen) atoms. The second-order valence-corrected chi connectivity index (χ2v) is 4.67. The van der Waals surface area contributed by atoms with Crippen molar-refractivity contribution in [1.82, 2.24) is 0 Å². The fourth-order valence-corrected chi connectivity index (χ4v) is 0.961. The first-order chi connectivity index (χ1) is 6.38. The number of hydrogen-bond acceptors (Lipinski definition) is 4. The topological polar surface area (TPSA) is 52.6 Å². The molecule has 0 aromatic heterocycles. The van der Waals surface area contributed by atoms with Gasteiger partial charge < -0.3 is 9.47 Å². The highest BCUT2D eigenvalue weighted by Gasteiger charge is 2.20. The minimum Gasteiger partial charge on any atom is -0.376 e. The lowest BCUT2D eigenvalue weighted by Crippen LogP contribution is -2.24. The molecule has 86 valence electrons. The van der Waals surface area contributed by atoms with Crippen LogP contribution in [0.15, 0.2) is 0 Å². The first kappa shape index (κ1) is 13.8. The molecule has 0 aromatic carbocycles. The van der Waals surface area contributed by atoms with Gasteiger partial charge in [-0.2, -0.15) is 8.42 Å². The van der Waals surface area contributed by atoms with E-state index in [0.717, 1.165) is 13.3 Å². The molecule has 2 unspecified atom stereocenters. The van der Waals surface area contributed by atoms with Gasteiger partial charge in [0.25, 0.3) is 0 Å². The highest BCUT2D eigenvalue weighted by molar-refractivity contribution is 7.86. The van der Waals surface area contributed by atoms with E-state index in [9.17, 15) is 12.3 Å². The zero-order valence-electron chi connectivity index (χ0n) is 8.70. The van der Waals surface area contributed by atoms with Crippen molar-refractivity contribution in [2.24, 2.45) is 0 Å². The van der Waals surface area contributed by atoms with Gasteiger partial charge in [-0.3, -0.25) is 0 Å². The van der Waals surface area contributed by atoms with Crippen LogP contribution in [0.3, 0.4) is 0 Å². The largest absolute Gasteiger partial charge is 0.376 e. The van der Waals surface area contributed by atoms with E-state index in [1.807, 2.05) is 6.92 Å². The molecule has 4 nitrogen and oxygen atoms in total. The molecule has 0 spiro atoms. The average molecular weight is 228 g/mol. The van der Waals surface area contributed by atoms with Crippen LogP contribution in [0.4, 0.5) is 3.89 Å². The molecule has 0 rings (SSSR count). The summed E-state index contributed by atoms with van der Waals surface area (Å²) < 4.78 is 42.9. The van der Waals surface area contributed by atoms with Gasteiger partial charge in [-0.25, -0.2) is 0 Å². The average Bonchev–Trinajstić information content (AvgIpc) is 2.09. The Hall–Kier alpha value is -0.200. The first-order valence-corrected chi connectivity index (χ1v) is 5.99. The number of rotatable bonds is 7. The Bertz CT molecular complexity index is 240. The molecule has 0 radical (unpaired) electrons. The summed E-state index contributed by atoms with van der Waals surface area (Å²) in [5.41, 5.74) is -1.42. The quantitative estimate of drug-likeness (QED) is 0.619. The van der Waals surface area contributed by atoms with Gasteiger partial charge in [-0.1, -0.05) is 6.92 Å². The van der Waals surface area contributed by atoms with Crippen molar-refractivity contribution in [3.8, 4) is 0 Å². The normalized spacial score (nSPS) is 16.6. The molecule has 6 heteroatoms. The monoisotopic (exact) mass is 228 g/mol. The van der Waals surface area contributed by atoms with Gasteiger partial charge in [0.2, 0.25) is 0 Å². The van der Waals surface area contributed by atoms with E-state index in [1.165, 1.54) is 0 Å². The maximum Gasteiger partial charge on any atom is 0.329 e. The van der Waals surface area contributed by atoms with Gasteiger partial charge in [0.15, 0.2) is 5.44 Å². The van der Waals surface area contributed by atoms with Crippen LogP contribution in [0.1, 0.15) is 27.2 Å². The van der Waals surface area contributed by atoms with Crippen molar-refractivity contribution in [2.45, 2.75) is 38.7 Å². The minimum atomic E-state index is -4.60. The molecule has 0 aliphatic carbocycles. The van der Waals surface area contributed by atoms with Crippen LogP contribution < -0.4 is 0 Å². The van der Waals surface area contributed by atoms with Gasteiger partial charge in [0.05, 0.1) is 12.7 Å². The summed E-state index contributed by atoms with van der Waals surface area (Å²) >= 11 is 0. The lowest BCUT2D eigenvalue weighted by atomic mass is 10.4. The van der Waals surface area contributed by atoms with E-state index in [-0.39, 0.29) is 12.7 Å². The number of hydrogen-bond donors (Lipinski definition) is 0. The molecule has 0 fully saturated rings. The molecule has 0 saturated heterocycles. The van der Waals surface area contributed by atoms with Crippen molar-refractivity contribution in [3.63, 3.8) is 0 Å². The van der Waals surface area contributed by atoms with Crippen LogP contribution >= 0.6 is 0 Å². The Morgan fingerprint density at radius 2 is 1.86 bits per heavy atom. The first-order valence-electron chi connectivity index (χ1n) is 4.54. The summed E-state index contributed by atoms with van der Waals surface area (Å²) in [6.07, 6.45) is 0.653. The van der Waals surface area contributed by atoms with Gasteiger partial charge in [-0.15, -0.1) is 3.89 Å². The van der Waals surface area contributed by atoms with Gasteiger partial charge in [0, 0.05) is 6.61 Å². The molecule has 0 saturated carbocycles. The Kier molecular flexibility index (Phi) is 6.22. The van der Waals surface area contributed by atoms with E-state index < -0.39 is 15.7 Å². The minimum absolute atomic E-state index is 0.0737. The molecule has 0 bridgehead atoms. The maximum absolute atomic E-state index is 12.3. The lowest BCUT2D eigenvalue weighted by molar-refractivity contribution is -0.0129. The molecule has 0 aromatic rings. The summed E-state index contributed by atoms with van der Waals surface area (Å²) in [6, 6.07) is 0. The molecule has 0 aliphatic heterocycles. The fraction of sp³-hybridized carbons (Fsp3) is 1.00. The molecule has 0 amide bonds. The predicted molar refractivity (Wildman–Crippen MR) is 51.1 cm³/mol. The van der Waals surface area contributed by atoms with Crippen LogP contribution in [0.5, 0.6) is 0 Å². The van der Waals surface area contributed by atoms with Crippen LogP contribution in [0.25, 0.3) is 0 Å². The summed E-state index contributed by atoms with van der Waals surface area (Å²) in [5.74, 6) is 0. The zero-order chi connectivity index (χ0) is 11.2. The van der Waals surface area contributed by atoms with E-state index in [0.29, 0.717) is 6.61 Å². The van der Waals surface area contributed by atoms with Gasteiger partial charge >= 0.3 is 10.2 Å². The van der Waals surface area contributed by atoms with E-state index in [4.69, 9.17) is 9.47 Å². The summed E-state index contributed by atoms with van der Waals surface area (Å²) in [6.45, 7) is 5.52. The van der Waals surface area contributed by atoms with E-state index in [2.05, 4.69) is 0 Å². The maximum atomic E-state index is 12.3. The van der Waals surface area contributed by atoms with Gasteiger partial charge in [0.1, 0.15) is 0 Å². The van der Waals surface area contributed by atoms with Crippen molar-refractivity contribution < 1.29 is 21.8 Å². The van der Waals surface area contributed by atoms with E-state index >= 15 is 0 Å². The lowest BCUT2D eigenvalue weighted by Gasteiger charge is -2.14. The van der Waals surface area contributed by atoms with Crippen LogP contribution in [0, 0.1) is 0 Å². The third kappa shape index (κ3) is 6.28. The van der Waals surface area contributed by atoms with Crippen molar-refractivity contribution >= 4 is 10.2 Å². The third-order valence-corrected chi connectivity index (χ3v) is 2.50. The molecule has 0 aliphatic rings. The smallest absolute Gasteiger partial charge is 0.329 e. The highest BCUT2D eigenvalue weighted by Crippen LogP contribution is 2.06. The van der Waals surface area contributed by atoms with Crippen LogP contribution in [-0.4, -0.2) is 33.2 Å². The van der Waals surface area contributed by atoms with Crippen molar-refractivity contribution in [1.29, 1.82) is 0 Å². The molecule has 0 heterocycles. The SMILES string of the molecule is CCCOC(C)COC(C)S(=O)(=O)F. The van der Waals surface area contributed by atoms with Crippen molar-refractivity contribution in [2.75, 3.05) is 13.2 Å². The predicted octanol–water partition coefficient (Wildman–Crippen LogP) is 1.46. The third-order valence-electron chi connectivity index (χ3n) is 1.57. The van der Waals surface area contributed by atoms with Crippen molar-refractivity contribution in [3.05, 3.63) is 0 Å². The second kappa shape index (κ2) is 6.31. The Morgan fingerprint density at radius 3 is 2.29 bits per heavy atom. The zero-order valence-corrected chi connectivity index (χ0v) is 9.51. The Balaban J connectivity index is 3.72. The molecule has 0 N–H and O–H groups in total. The molecular formula is C8H17FO4S. The Labute approximate surface area is 84.6 Å². The second-order valence-electron chi connectivity index (χ2n) is 3.06.